The number of hydrogen-bond acceptors (Lipinski definition) is 0. The van der Waals surface area contributed by atoms with Gasteiger partial charge in [-0.15, -0.1) is 0 Å². The van der Waals surface area contributed by atoms with Crippen LogP contribution in [0.2, 0.25) is 0 Å². The molecule has 0 spiro atoms. The van der Waals surface area contributed by atoms with Gasteiger partial charge in [-0.2, -0.15) is 13.2 Å². The number of halogens is 4. The topological polar surface area (TPSA) is 0 Å². The molecular weight excluding hydrogens is 208 g/mol. The summed E-state index contributed by atoms with van der Waals surface area (Å²) in [5, 5.41) is 0. The van der Waals surface area contributed by atoms with Gasteiger partial charge in [0.15, 0.2) is 0 Å². The highest BCUT2D eigenvalue weighted by atomic mass is 19.4. The molecule has 0 nitrogen and oxygen atoms in total. The second-order valence-corrected chi connectivity index (χ2v) is 3.55. The van der Waals surface area contributed by atoms with E-state index < -0.39 is 17.6 Å². The minimum atomic E-state index is -4.61. The van der Waals surface area contributed by atoms with Crippen molar-refractivity contribution < 1.29 is 17.6 Å². The highest BCUT2D eigenvalue weighted by Gasteiger charge is 2.33. The molecule has 0 N–H and O–H groups in total. The lowest BCUT2D eigenvalue weighted by Crippen LogP contribution is -2.08. The van der Waals surface area contributed by atoms with Gasteiger partial charge < -0.3 is 0 Å². The maximum absolute atomic E-state index is 13.1. The van der Waals surface area contributed by atoms with Gasteiger partial charge in [0.25, 0.3) is 0 Å². The summed E-state index contributed by atoms with van der Waals surface area (Å²) in [6.45, 7) is 3.75. The average molecular weight is 220 g/mol. The molecule has 0 fully saturated rings. The minimum Gasteiger partial charge on any atom is -0.206 e. The fourth-order valence-corrected chi connectivity index (χ4v) is 1.30. The van der Waals surface area contributed by atoms with Crippen LogP contribution < -0.4 is 0 Å². The van der Waals surface area contributed by atoms with Crippen molar-refractivity contribution in [2.75, 3.05) is 0 Å². The first-order valence-electron chi connectivity index (χ1n) is 4.73. The van der Waals surface area contributed by atoms with Gasteiger partial charge in [-0.3, -0.25) is 0 Å². The lowest BCUT2D eigenvalue weighted by Gasteiger charge is -2.12. The van der Waals surface area contributed by atoms with Crippen molar-refractivity contribution in [3.8, 4) is 0 Å². The third-order valence-electron chi connectivity index (χ3n) is 2.48. The van der Waals surface area contributed by atoms with Gasteiger partial charge in [-0.05, 0) is 30.0 Å². The molecule has 15 heavy (non-hydrogen) atoms. The van der Waals surface area contributed by atoms with Crippen molar-refractivity contribution in [2.45, 2.75) is 32.4 Å². The van der Waals surface area contributed by atoms with Crippen molar-refractivity contribution >= 4 is 0 Å². The van der Waals surface area contributed by atoms with Crippen molar-refractivity contribution in [3.63, 3.8) is 0 Å². The molecule has 1 aromatic rings. The second-order valence-electron chi connectivity index (χ2n) is 3.55. The molecule has 0 aliphatic carbocycles. The zero-order valence-corrected chi connectivity index (χ0v) is 8.53. The number of alkyl halides is 3. The molecule has 0 aliphatic rings. The fraction of sp³-hybridized carbons (Fsp3) is 0.455. The van der Waals surface area contributed by atoms with E-state index in [0.29, 0.717) is 5.56 Å². The van der Waals surface area contributed by atoms with Crippen LogP contribution in [0.1, 0.15) is 37.3 Å². The zero-order valence-electron chi connectivity index (χ0n) is 8.53. The van der Waals surface area contributed by atoms with Crippen LogP contribution in [-0.2, 0) is 6.18 Å². The molecule has 4 heteroatoms. The standard InChI is InChI=1S/C11H12F4/c1-3-7(2)8-4-5-9(10(12)6-8)11(13,14)15/h4-7H,3H2,1-2H3. The van der Waals surface area contributed by atoms with Crippen molar-refractivity contribution in [1.82, 2.24) is 0 Å². The van der Waals surface area contributed by atoms with E-state index in [0.717, 1.165) is 18.6 Å². The molecule has 1 rings (SSSR count). The number of hydrogen-bond donors (Lipinski definition) is 0. The smallest absolute Gasteiger partial charge is 0.206 e. The SMILES string of the molecule is CCC(C)c1ccc(C(F)(F)F)c(F)c1. The van der Waals surface area contributed by atoms with Crippen LogP contribution in [0.3, 0.4) is 0 Å². The number of rotatable bonds is 2. The Hall–Kier alpha value is -1.06. The van der Waals surface area contributed by atoms with Gasteiger partial charge in [0, 0.05) is 0 Å². The fourth-order valence-electron chi connectivity index (χ4n) is 1.30. The van der Waals surface area contributed by atoms with Gasteiger partial charge in [0.1, 0.15) is 5.82 Å². The van der Waals surface area contributed by atoms with Crippen molar-refractivity contribution in [1.29, 1.82) is 0 Å². The third kappa shape index (κ3) is 2.70. The number of benzene rings is 1. The monoisotopic (exact) mass is 220 g/mol. The van der Waals surface area contributed by atoms with E-state index in [-0.39, 0.29) is 5.92 Å². The molecule has 0 aromatic heterocycles. The molecule has 0 heterocycles. The van der Waals surface area contributed by atoms with Gasteiger partial charge in [-0.1, -0.05) is 19.9 Å². The van der Waals surface area contributed by atoms with Crippen molar-refractivity contribution in [3.05, 3.63) is 35.1 Å². The Kier molecular flexibility index (Phi) is 3.37. The summed E-state index contributed by atoms with van der Waals surface area (Å²) in [5.41, 5.74) is -0.599. The summed E-state index contributed by atoms with van der Waals surface area (Å²) < 4.78 is 49.8. The summed E-state index contributed by atoms with van der Waals surface area (Å²) in [5.74, 6) is -1.12. The molecular formula is C11H12F4. The minimum absolute atomic E-state index is 0.0711. The van der Waals surface area contributed by atoms with Crippen LogP contribution in [0, 0.1) is 5.82 Å². The van der Waals surface area contributed by atoms with Gasteiger partial charge >= 0.3 is 6.18 Å². The first-order valence-corrected chi connectivity index (χ1v) is 4.73. The first kappa shape index (κ1) is 12.0. The predicted molar refractivity (Wildman–Crippen MR) is 50.1 cm³/mol. The molecule has 0 aliphatic heterocycles. The normalized spacial score (nSPS) is 14.0. The largest absolute Gasteiger partial charge is 0.419 e. The van der Waals surface area contributed by atoms with E-state index in [1.54, 1.807) is 0 Å². The molecule has 1 atom stereocenters. The molecule has 84 valence electrons. The summed E-state index contributed by atoms with van der Waals surface area (Å²) in [6.07, 6.45) is -3.84. The average Bonchev–Trinajstić information content (AvgIpc) is 2.14. The molecule has 0 bridgehead atoms. The second kappa shape index (κ2) is 4.21. The Morgan fingerprint density at radius 2 is 1.87 bits per heavy atom. The van der Waals surface area contributed by atoms with E-state index in [4.69, 9.17) is 0 Å². The molecule has 0 saturated heterocycles. The van der Waals surface area contributed by atoms with Crippen LogP contribution in [0.25, 0.3) is 0 Å². The Morgan fingerprint density at radius 3 is 2.27 bits per heavy atom. The summed E-state index contributed by atoms with van der Waals surface area (Å²) in [4.78, 5) is 0. The van der Waals surface area contributed by atoms with Gasteiger partial charge in [-0.25, -0.2) is 4.39 Å². The van der Waals surface area contributed by atoms with Crippen LogP contribution in [-0.4, -0.2) is 0 Å². The summed E-state index contributed by atoms with van der Waals surface area (Å²) in [6, 6.07) is 3.11. The van der Waals surface area contributed by atoms with Crippen LogP contribution in [0.4, 0.5) is 17.6 Å². The summed E-state index contributed by atoms with van der Waals surface area (Å²) >= 11 is 0. The van der Waals surface area contributed by atoms with Crippen LogP contribution in [0.5, 0.6) is 0 Å². The zero-order chi connectivity index (χ0) is 11.6. The molecule has 0 radical (unpaired) electrons. The Balaban J connectivity index is 3.09. The summed E-state index contributed by atoms with van der Waals surface area (Å²) in [7, 11) is 0. The predicted octanol–water partition coefficient (Wildman–Crippen LogP) is 4.36. The van der Waals surface area contributed by atoms with E-state index in [1.165, 1.54) is 6.07 Å². The Bertz CT molecular complexity index is 341. The maximum Gasteiger partial charge on any atom is 0.419 e. The Labute approximate surface area is 85.9 Å². The van der Waals surface area contributed by atoms with Gasteiger partial charge in [0.2, 0.25) is 0 Å². The Morgan fingerprint density at radius 1 is 1.27 bits per heavy atom. The lowest BCUT2D eigenvalue weighted by atomic mass is 9.97. The third-order valence-corrected chi connectivity index (χ3v) is 2.48. The van der Waals surface area contributed by atoms with Crippen LogP contribution >= 0.6 is 0 Å². The first-order chi connectivity index (χ1) is 6.86. The highest BCUT2D eigenvalue weighted by Crippen LogP contribution is 2.32. The molecule has 1 aromatic carbocycles. The van der Waals surface area contributed by atoms with E-state index in [1.807, 2.05) is 13.8 Å². The van der Waals surface area contributed by atoms with E-state index >= 15 is 0 Å². The lowest BCUT2D eigenvalue weighted by molar-refractivity contribution is -0.140. The van der Waals surface area contributed by atoms with Gasteiger partial charge in [0.05, 0.1) is 5.56 Å². The maximum atomic E-state index is 13.1. The van der Waals surface area contributed by atoms with Crippen molar-refractivity contribution in [2.24, 2.45) is 0 Å². The van der Waals surface area contributed by atoms with E-state index in [9.17, 15) is 17.6 Å². The quantitative estimate of drug-likeness (QED) is 0.649. The molecule has 0 amide bonds. The molecule has 1 unspecified atom stereocenters. The highest BCUT2D eigenvalue weighted by molar-refractivity contribution is 5.28. The van der Waals surface area contributed by atoms with E-state index in [2.05, 4.69) is 0 Å². The van der Waals surface area contributed by atoms with Crippen LogP contribution in [0.15, 0.2) is 18.2 Å². The molecule has 0 saturated carbocycles.